The second-order valence-electron chi connectivity index (χ2n) is 4.88. The van der Waals surface area contributed by atoms with Crippen molar-refractivity contribution < 1.29 is 9.47 Å². The van der Waals surface area contributed by atoms with Crippen molar-refractivity contribution in [3.63, 3.8) is 0 Å². The van der Waals surface area contributed by atoms with Gasteiger partial charge in [0.1, 0.15) is 12.7 Å². The summed E-state index contributed by atoms with van der Waals surface area (Å²) in [6, 6.07) is 8.22. The van der Waals surface area contributed by atoms with Crippen molar-refractivity contribution >= 4 is 0 Å². The number of hydrogen-bond acceptors (Lipinski definition) is 3. The average molecular weight is 249 g/mol. The number of ether oxygens (including phenoxy) is 2. The van der Waals surface area contributed by atoms with Gasteiger partial charge in [0.25, 0.3) is 0 Å². The Bertz CT molecular complexity index is 381. The van der Waals surface area contributed by atoms with Crippen molar-refractivity contribution in [2.75, 3.05) is 13.2 Å². The maximum absolute atomic E-state index is 6.08. The molecule has 0 saturated carbocycles. The largest absolute Gasteiger partial charge is 0.486 e. The highest BCUT2D eigenvalue weighted by Crippen LogP contribution is 2.32. The lowest BCUT2D eigenvalue weighted by Crippen LogP contribution is -2.51. The van der Waals surface area contributed by atoms with E-state index in [9.17, 15) is 0 Å². The third-order valence-corrected chi connectivity index (χ3v) is 3.63. The number of hydrogen-bond donors (Lipinski definition) is 1. The van der Waals surface area contributed by atoms with Gasteiger partial charge in [-0.1, -0.05) is 39.3 Å². The summed E-state index contributed by atoms with van der Waals surface area (Å²) in [7, 11) is 0. The highest BCUT2D eigenvalue weighted by molar-refractivity contribution is 5.40. The Kier molecular flexibility index (Phi) is 4.48. The van der Waals surface area contributed by atoms with E-state index < -0.39 is 0 Å². The van der Waals surface area contributed by atoms with Gasteiger partial charge in [0.2, 0.25) is 0 Å². The normalized spacial score (nSPS) is 21.4. The molecule has 1 aromatic carbocycles. The van der Waals surface area contributed by atoms with Crippen LogP contribution in [0.2, 0.25) is 0 Å². The van der Waals surface area contributed by atoms with Crippen LogP contribution in [0.5, 0.6) is 11.5 Å². The summed E-state index contributed by atoms with van der Waals surface area (Å²) in [6.07, 6.45) is 1.23. The second-order valence-corrected chi connectivity index (χ2v) is 4.88. The standard InChI is InChI=1S/C15H23NO2/c1-4-11(3)15(16-5-2)14-10-17-12-8-6-7-9-13(12)18-14/h6-9,11,14-16H,4-5,10H2,1-3H3. The highest BCUT2D eigenvalue weighted by Gasteiger charge is 2.31. The van der Waals surface area contributed by atoms with Crippen LogP contribution >= 0.6 is 0 Å². The van der Waals surface area contributed by atoms with Crippen LogP contribution in [-0.2, 0) is 0 Å². The number of para-hydroxylation sites is 2. The van der Waals surface area contributed by atoms with E-state index in [-0.39, 0.29) is 6.10 Å². The van der Waals surface area contributed by atoms with Crippen LogP contribution in [0.25, 0.3) is 0 Å². The Hall–Kier alpha value is -1.22. The summed E-state index contributed by atoms with van der Waals surface area (Å²) < 4.78 is 11.9. The Labute approximate surface area is 109 Å². The Balaban J connectivity index is 2.10. The molecule has 1 aliphatic heterocycles. The molecular weight excluding hydrogens is 226 g/mol. The summed E-state index contributed by atoms with van der Waals surface area (Å²) in [4.78, 5) is 0. The predicted molar refractivity (Wildman–Crippen MR) is 73.3 cm³/mol. The molecule has 18 heavy (non-hydrogen) atoms. The van der Waals surface area contributed by atoms with Crippen molar-refractivity contribution in [3.05, 3.63) is 24.3 Å². The zero-order valence-electron chi connectivity index (χ0n) is 11.5. The molecule has 3 heteroatoms. The van der Waals surface area contributed by atoms with Crippen molar-refractivity contribution in [2.45, 2.75) is 39.3 Å². The number of nitrogens with one attached hydrogen (secondary N) is 1. The molecule has 0 aliphatic carbocycles. The number of benzene rings is 1. The molecule has 0 aromatic heterocycles. The predicted octanol–water partition coefficient (Wildman–Crippen LogP) is 2.85. The molecule has 100 valence electrons. The van der Waals surface area contributed by atoms with Crippen LogP contribution in [0.3, 0.4) is 0 Å². The fraction of sp³-hybridized carbons (Fsp3) is 0.600. The van der Waals surface area contributed by atoms with E-state index >= 15 is 0 Å². The van der Waals surface area contributed by atoms with Gasteiger partial charge < -0.3 is 14.8 Å². The first-order valence-electron chi connectivity index (χ1n) is 6.88. The number of likely N-dealkylation sites (N-methyl/N-ethyl adjacent to an activating group) is 1. The van der Waals surface area contributed by atoms with Crippen LogP contribution in [-0.4, -0.2) is 25.3 Å². The van der Waals surface area contributed by atoms with Gasteiger partial charge in [-0.05, 0) is 24.6 Å². The van der Waals surface area contributed by atoms with E-state index in [0.29, 0.717) is 18.6 Å². The van der Waals surface area contributed by atoms with Crippen LogP contribution < -0.4 is 14.8 Å². The average Bonchev–Trinajstić information content (AvgIpc) is 2.43. The molecule has 2 rings (SSSR count). The molecule has 1 aliphatic rings. The van der Waals surface area contributed by atoms with E-state index in [1.165, 1.54) is 0 Å². The van der Waals surface area contributed by atoms with Crippen LogP contribution in [0, 0.1) is 5.92 Å². The molecule has 0 bridgehead atoms. The molecule has 3 nitrogen and oxygen atoms in total. The van der Waals surface area contributed by atoms with E-state index in [1.807, 2.05) is 24.3 Å². The van der Waals surface area contributed by atoms with Crippen LogP contribution in [0.1, 0.15) is 27.2 Å². The van der Waals surface area contributed by atoms with Crippen LogP contribution in [0.4, 0.5) is 0 Å². The van der Waals surface area contributed by atoms with Gasteiger partial charge >= 0.3 is 0 Å². The molecular formula is C15H23NO2. The Morgan fingerprint density at radius 2 is 2.00 bits per heavy atom. The lowest BCUT2D eigenvalue weighted by Gasteiger charge is -2.35. The summed E-state index contributed by atoms with van der Waals surface area (Å²) >= 11 is 0. The van der Waals surface area contributed by atoms with Gasteiger partial charge in [-0.2, -0.15) is 0 Å². The van der Waals surface area contributed by atoms with Gasteiger partial charge in [-0.25, -0.2) is 0 Å². The Morgan fingerprint density at radius 3 is 2.67 bits per heavy atom. The quantitative estimate of drug-likeness (QED) is 0.870. The number of rotatable bonds is 5. The third kappa shape index (κ3) is 2.78. The monoisotopic (exact) mass is 249 g/mol. The first kappa shape index (κ1) is 13.2. The molecule has 3 atom stereocenters. The third-order valence-electron chi connectivity index (χ3n) is 3.63. The fourth-order valence-corrected chi connectivity index (χ4v) is 2.40. The van der Waals surface area contributed by atoms with Crippen molar-refractivity contribution in [2.24, 2.45) is 5.92 Å². The topological polar surface area (TPSA) is 30.5 Å². The zero-order valence-corrected chi connectivity index (χ0v) is 11.5. The van der Waals surface area contributed by atoms with E-state index in [1.54, 1.807) is 0 Å². The van der Waals surface area contributed by atoms with Gasteiger partial charge in [-0.3, -0.25) is 0 Å². The molecule has 0 saturated heterocycles. The van der Waals surface area contributed by atoms with Crippen molar-refractivity contribution in [1.29, 1.82) is 0 Å². The lowest BCUT2D eigenvalue weighted by atomic mass is 9.94. The smallest absolute Gasteiger partial charge is 0.161 e. The molecule has 1 heterocycles. The molecule has 0 fully saturated rings. The Morgan fingerprint density at radius 1 is 1.28 bits per heavy atom. The van der Waals surface area contributed by atoms with Crippen molar-refractivity contribution in [3.8, 4) is 11.5 Å². The van der Waals surface area contributed by atoms with E-state index in [0.717, 1.165) is 24.5 Å². The molecule has 1 aromatic rings. The SMILES string of the molecule is CCNC(C(C)CC)C1COc2ccccc2O1. The first-order chi connectivity index (χ1) is 8.76. The van der Waals surface area contributed by atoms with Gasteiger partial charge in [0.05, 0.1) is 0 Å². The number of fused-ring (bicyclic) bond motifs is 1. The minimum atomic E-state index is 0.0924. The summed E-state index contributed by atoms with van der Waals surface area (Å²) in [5.41, 5.74) is 0. The molecule has 0 amide bonds. The van der Waals surface area contributed by atoms with Gasteiger partial charge in [0, 0.05) is 6.04 Å². The highest BCUT2D eigenvalue weighted by atomic mass is 16.6. The summed E-state index contributed by atoms with van der Waals surface area (Å²) in [5, 5.41) is 3.53. The van der Waals surface area contributed by atoms with Crippen LogP contribution in [0.15, 0.2) is 24.3 Å². The first-order valence-corrected chi connectivity index (χ1v) is 6.88. The minimum absolute atomic E-state index is 0.0924. The summed E-state index contributed by atoms with van der Waals surface area (Å²) in [5.74, 6) is 2.29. The maximum Gasteiger partial charge on any atom is 0.161 e. The molecule has 3 unspecified atom stereocenters. The summed E-state index contributed by atoms with van der Waals surface area (Å²) in [6.45, 7) is 8.19. The van der Waals surface area contributed by atoms with E-state index in [2.05, 4.69) is 26.1 Å². The minimum Gasteiger partial charge on any atom is -0.486 e. The molecule has 1 N–H and O–H groups in total. The zero-order chi connectivity index (χ0) is 13.0. The second kappa shape index (κ2) is 6.10. The fourth-order valence-electron chi connectivity index (χ4n) is 2.40. The molecule has 0 spiro atoms. The van der Waals surface area contributed by atoms with Gasteiger partial charge in [-0.15, -0.1) is 0 Å². The van der Waals surface area contributed by atoms with E-state index in [4.69, 9.17) is 9.47 Å². The lowest BCUT2D eigenvalue weighted by molar-refractivity contribution is 0.0460. The van der Waals surface area contributed by atoms with Gasteiger partial charge in [0.15, 0.2) is 11.5 Å². The van der Waals surface area contributed by atoms with Crippen molar-refractivity contribution in [1.82, 2.24) is 5.32 Å². The maximum atomic E-state index is 6.08. The molecule has 0 radical (unpaired) electrons.